The lowest BCUT2D eigenvalue weighted by Gasteiger charge is -2.04. The molecule has 0 bridgehead atoms. The van der Waals surface area contributed by atoms with E-state index < -0.39 is 11.9 Å². The molecular weight excluding hydrogens is 239 g/mol. The smallest absolute Gasteiger partial charge is 0.335 e. The number of aryl methyl sites for hydroxylation is 1. The number of hydrogen-bond acceptors (Lipinski definition) is 3. The van der Waals surface area contributed by atoms with Crippen molar-refractivity contribution in [2.45, 2.75) is 13.5 Å². The molecule has 2 rings (SSSR count). The summed E-state index contributed by atoms with van der Waals surface area (Å²) in [5.41, 5.74) is 0.308. The number of halogens is 1. The molecule has 94 valence electrons. The first-order valence-electron chi connectivity index (χ1n) is 5.32. The number of carboxylic acid groups (broad SMARTS) is 1. The highest BCUT2D eigenvalue weighted by molar-refractivity contribution is 5.89. The monoisotopic (exact) mass is 250 g/mol. The van der Waals surface area contributed by atoms with Crippen molar-refractivity contribution in [3.63, 3.8) is 0 Å². The van der Waals surface area contributed by atoms with E-state index in [0.717, 1.165) is 10.7 Å². The number of nitrogens with zero attached hydrogens (tertiary/aromatic N) is 2. The number of aromatic hydroxyl groups is 1. The summed E-state index contributed by atoms with van der Waals surface area (Å²) in [6, 6.07) is 3.75. The predicted octanol–water partition coefficient (Wildman–Crippen LogP) is 2.11. The van der Waals surface area contributed by atoms with Gasteiger partial charge in [0.1, 0.15) is 5.75 Å². The second-order valence-corrected chi connectivity index (χ2v) is 3.70. The molecule has 0 atom stereocenters. The molecule has 6 heteroatoms. The van der Waals surface area contributed by atoms with Crippen molar-refractivity contribution >= 4 is 5.97 Å². The van der Waals surface area contributed by atoms with Gasteiger partial charge in [-0.25, -0.2) is 9.48 Å². The van der Waals surface area contributed by atoms with Crippen LogP contribution in [0, 0.1) is 5.95 Å². The fourth-order valence-corrected chi connectivity index (χ4v) is 1.66. The summed E-state index contributed by atoms with van der Waals surface area (Å²) in [6.45, 7) is 2.12. The molecule has 0 unspecified atom stereocenters. The molecule has 0 radical (unpaired) electrons. The number of benzene rings is 1. The molecule has 0 aliphatic heterocycles. The van der Waals surface area contributed by atoms with E-state index in [1.165, 1.54) is 18.3 Å². The molecule has 0 aliphatic carbocycles. The molecule has 0 fully saturated rings. The maximum atomic E-state index is 13.8. The van der Waals surface area contributed by atoms with Gasteiger partial charge in [0.2, 0.25) is 5.95 Å². The van der Waals surface area contributed by atoms with Crippen LogP contribution in [0.2, 0.25) is 0 Å². The number of phenolic OH excluding ortho intramolecular Hbond substituents is 1. The summed E-state index contributed by atoms with van der Waals surface area (Å²) >= 11 is 0. The van der Waals surface area contributed by atoms with Crippen LogP contribution in [-0.4, -0.2) is 26.0 Å². The minimum absolute atomic E-state index is 0.0560. The van der Waals surface area contributed by atoms with Crippen molar-refractivity contribution in [1.29, 1.82) is 0 Å². The lowest BCUT2D eigenvalue weighted by Crippen LogP contribution is -2.00. The number of carboxylic acids is 1. The zero-order chi connectivity index (χ0) is 13.3. The Kier molecular flexibility index (Phi) is 3.01. The molecule has 0 aliphatic rings. The number of phenols is 1. The molecule has 0 saturated heterocycles. The molecule has 18 heavy (non-hydrogen) atoms. The zero-order valence-corrected chi connectivity index (χ0v) is 9.59. The van der Waals surface area contributed by atoms with Crippen LogP contribution in [-0.2, 0) is 6.54 Å². The summed E-state index contributed by atoms with van der Waals surface area (Å²) < 4.78 is 15.0. The van der Waals surface area contributed by atoms with E-state index in [1.54, 1.807) is 6.92 Å². The second kappa shape index (κ2) is 4.48. The van der Waals surface area contributed by atoms with Gasteiger partial charge in [0.15, 0.2) is 0 Å². The fourth-order valence-electron chi connectivity index (χ4n) is 1.66. The maximum absolute atomic E-state index is 13.8. The van der Waals surface area contributed by atoms with Gasteiger partial charge in [0, 0.05) is 12.1 Å². The van der Waals surface area contributed by atoms with Crippen LogP contribution in [0.3, 0.4) is 0 Å². The number of carbonyl (C=O) groups is 1. The molecule has 0 spiro atoms. The van der Waals surface area contributed by atoms with Crippen LogP contribution in [0.5, 0.6) is 5.75 Å². The highest BCUT2D eigenvalue weighted by atomic mass is 19.1. The van der Waals surface area contributed by atoms with Crippen LogP contribution < -0.4 is 0 Å². The number of aromatic carboxylic acids is 1. The van der Waals surface area contributed by atoms with Crippen molar-refractivity contribution in [2.24, 2.45) is 0 Å². The summed E-state index contributed by atoms with van der Waals surface area (Å²) in [7, 11) is 0. The highest BCUT2D eigenvalue weighted by Gasteiger charge is 2.16. The van der Waals surface area contributed by atoms with Crippen LogP contribution in [0.4, 0.5) is 4.39 Å². The maximum Gasteiger partial charge on any atom is 0.335 e. The molecule has 0 saturated carbocycles. The van der Waals surface area contributed by atoms with E-state index in [1.807, 2.05) is 0 Å². The minimum Gasteiger partial charge on any atom is -0.507 e. The van der Waals surface area contributed by atoms with Gasteiger partial charge in [0.25, 0.3) is 0 Å². The third kappa shape index (κ3) is 1.92. The second-order valence-electron chi connectivity index (χ2n) is 3.70. The Morgan fingerprint density at radius 3 is 2.67 bits per heavy atom. The van der Waals surface area contributed by atoms with Crippen LogP contribution in [0.25, 0.3) is 11.1 Å². The molecule has 1 aromatic carbocycles. The Morgan fingerprint density at radius 1 is 1.44 bits per heavy atom. The van der Waals surface area contributed by atoms with Gasteiger partial charge in [-0.2, -0.15) is 9.49 Å². The first-order chi connectivity index (χ1) is 8.54. The van der Waals surface area contributed by atoms with Crippen LogP contribution in [0.15, 0.2) is 24.4 Å². The van der Waals surface area contributed by atoms with E-state index in [0.29, 0.717) is 6.54 Å². The Morgan fingerprint density at radius 2 is 2.17 bits per heavy atom. The first-order valence-corrected chi connectivity index (χ1v) is 5.32. The molecule has 2 aromatic rings. The fraction of sp³-hybridized carbons (Fsp3) is 0.167. The standard InChI is InChI=1S/C12H11FN2O3/c1-2-15-11(13)9(6-14-15)8-4-3-7(12(17)18)5-10(8)16/h3-6,16H,2H2,1H3,(H,17,18). The quantitative estimate of drug-likeness (QED) is 0.874. The topological polar surface area (TPSA) is 75.4 Å². The highest BCUT2D eigenvalue weighted by Crippen LogP contribution is 2.31. The van der Waals surface area contributed by atoms with Crippen molar-refractivity contribution in [1.82, 2.24) is 9.78 Å². The number of hydrogen-bond donors (Lipinski definition) is 2. The lowest BCUT2D eigenvalue weighted by molar-refractivity contribution is 0.0696. The SMILES string of the molecule is CCn1ncc(-c2ccc(C(=O)O)cc2O)c1F. The largest absolute Gasteiger partial charge is 0.507 e. The van der Waals surface area contributed by atoms with Crippen molar-refractivity contribution in [2.75, 3.05) is 0 Å². The van der Waals surface area contributed by atoms with Crippen LogP contribution >= 0.6 is 0 Å². The third-order valence-corrected chi connectivity index (χ3v) is 2.61. The molecule has 2 N–H and O–H groups in total. The van der Waals surface area contributed by atoms with Crippen molar-refractivity contribution in [3.8, 4) is 16.9 Å². The van der Waals surface area contributed by atoms with E-state index in [-0.39, 0.29) is 22.4 Å². The van der Waals surface area contributed by atoms with E-state index >= 15 is 0 Å². The first kappa shape index (κ1) is 12.1. The molecule has 0 amide bonds. The van der Waals surface area contributed by atoms with E-state index in [4.69, 9.17) is 5.11 Å². The van der Waals surface area contributed by atoms with E-state index in [9.17, 15) is 14.3 Å². The Hall–Kier alpha value is -2.37. The third-order valence-electron chi connectivity index (χ3n) is 2.61. The minimum atomic E-state index is -1.15. The van der Waals surface area contributed by atoms with Crippen molar-refractivity contribution < 1.29 is 19.4 Å². The summed E-state index contributed by atoms with van der Waals surface area (Å²) in [5.74, 6) is -2.00. The number of aromatic nitrogens is 2. The zero-order valence-electron chi connectivity index (χ0n) is 9.59. The van der Waals surface area contributed by atoms with Crippen molar-refractivity contribution in [3.05, 3.63) is 35.9 Å². The van der Waals surface area contributed by atoms with Gasteiger partial charge < -0.3 is 10.2 Å². The predicted molar refractivity (Wildman–Crippen MR) is 61.9 cm³/mol. The van der Waals surface area contributed by atoms with Gasteiger partial charge in [-0.3, -0.25) is 0 Å². The Bertz CT molecular complexity index is 607. The lowest BCUT2D eigenvalue weighted by atomic mass is 10.1. The Balaban J connectivity index is 2.51. The van der Waals surface area contributed by atoms with Gasteiger partial charge >= 0.3 is 5.97 Å². The normalized spacial score (nSPS) is 10.6. The molecular formula is C12H11FN2O3. The summed E-state index contributed by atoms with van der Waals surface area (Å²) in [6.07, 6.45) is 1.30. The summed E-state index contributed by atoms with van der Waals surface area (Å²) in [4.78, 5) is 10.7. The van der Waals surface area contributed by atoms with Gasteiger partial charge in [-0.15, -0.1) is 0 Å². The van der Waals surface area contributed by atoms with E-state index in [2.05, 4.69) is 5.10 Å². The van der Waals surface area contributed by atoms with Gasteiger partial charge in [-0.05, 0) is 25.1 Å². The molecule has 5 nitrogen and oxygen atoms in total. The van der Waals surface area contributed by atoms with Gasteiger partial charge in [0.05, 0.1) is 17.3 Å². The molecule has 1 heterocycles. The summed E-state index contributed by atoms with van der Waals surface area (Å²) in [5, 5.41) is 22.3. The van der Waals surface area contributed by atoms with Crippen LogP contribution in [0.1, 0.15) is 17.3 Å². The number of rotatable bonds is 3. The van der Waals surface area contributed by atoms with Gasteiger partial charge in [-0.1, -0.05) is 0 Å². The average Bonchev–Trinajstić information content (AvgIpc) is 2.70. The molecule has 1 aromatic heterocycles. The Labute approximate surface area is 102 Å². The average molecular weight is 250 g/mol.